The van der Waals surface area contributed by atoms with Crippen molar-refractivity contribution in [1.29, 1.82) is 0 Å². The second-order valence-electron chi connectivity index (χ2n) is 8.00. The molecule has 28 heavy (non-hydrogen) atoms. The molecule has 1 aliphatic rings. The Morgan fingerprint density at radius 3 is 2.43 bits per heavy atom. The van der Waals surface area contributed by atoms with E-state index in [-0.39, 0.29) is 23.8 Å². The molecule has 0 N–H and O–H groups in total. The second-order valence-corrected chi connectivity index (χ2v) is 8.87. The van der Waals surface area contributed by atoms with Crippen LogP contribution in [0.1, 0.15) is 49.8 Å². The Bertz CT molecular complexity index is 831. The summed E-state index contributed by atoms with van der Waals surface area (Å²) in [5, 5.41) is 1.42. The van der Waals surface area contributed by atoms with Gasteiger partial charge in [-0.25, -0.2) is 0 Å². The number of rotatable bonds is 6. The van der Waals surface area contributed by atoms with E-state index in [1.54, 1.807) is 0 Å². The molecule has 1 amide bonds. The molecule has 1 saturated heterocycles. The Morgan fingerprint density at radius 2 is 1.82 bits per heavy atom. The minimum Gasteiger partial charge on any atom is -0.335 e. The van der Waals surface area contributed by atoms with E-state index in [9.17, 15) is 4.79 Å². The highest BCUT2D eigenvalue weighted by atomic mass is 35.5. The molecule has 2 aromatic carbocycles. The summed E-state index contributed by atoms with van der Waals surface area (Å²) < 4.78 is 0. The molecule has 148 valence electrons. The van der Waals surface area contributed by atoms with Gasteiger partial charge in [-0.3, -0.25) is 4.79 Å². The van der Waals surface area contributed by atoms with E-state index in [1.807, 2.05) is 48.5 Å². The van der Waals surface area contributed by atoms with Crippen molar-refractivity contribution >= 4 is 29.1 Å². The molecule has 2 nitrogen and oxygen atoms in total. The number of carbonyl (C=O) groups excluding carboxylic acids is 1. The van der Waals surface area contributed by atoms with Crippen LogP contribution in [-0.2, 0) is 4.79 Å². The lowest BCUT2D eigenvalue weighted by Crippen LogP contribution is -2.48. The third kappa shape index (κ3) is 4.61. The molecule has 0 radical (unpaired) electrons. The van der Waals surface area contributed by atoms with E-state index < -0.39 is 0 Å². The maximum atomic E-state index is 13.4. The van der Waals surface area contributed by atoms with Gasteiger partial charge < -0.3 is 4.90 Å². The van der Waals surface area contributed by atoms with Gasteiger partial charge >= 0.3 is 0 Å². The van der Waals surface area contributed by atoms with Gasteiger partial charge in [-0.1, -0.05) is 67.4 Å². The largest absolute Gasteiger partial charge is 0.335 e. The number of hydrogen-bond acceptors (Lipinski definition) is 1. The smallest absolute Gasteiger partial charge is 0.226 e. The van der Waals surface area contributed by atoms with Gasteiger partial charge in [0, 0.05) is 28.4 Å². The number of hydrogen-bond donors (Lipinski definition) is 0. The minimum absolute atomic E-state index is 0.0355. The maximum Gasteiger partial charge on any atom is 0.226 e. The first kappa shape index (κ1) is 21.0. The summed E-state index contributed by atoms with van der Waals surface area (Å²) in [7, 11) is 0. The fourth-order valence-corrected chi connectivity index (χ4v) is 4.57. The Kier molecular flexibility index (Phi) is 6.85. The SMILES string of the molecule is C=CC[C@@H]1C[C@H](c2cccc(Cl)c2)C(c2ccc(Cl)cc2)N(CC(C)C)C1=O. The van der Waals surface area contributed by atoms with Gasteiger partial charge in [0.05, 0.1) is 6.04 Å². The molecule has 3 rings (SSSR count). The molecule has 0 saturated carbocycles. The summed E-state index contributed by atoms with van der Waals surface area (Å²) in [6.07, 6.45) is 3.33. The zero-order chi connectivity index (χ0) is 20.3. The molecule has 0 spiro atoms. The summed E-state index contributed by atoms with van der Waals surface area (Å²) in [6.45, 7) is 8.89. The Balaban J connectivity index is 2.11. The number of amides is 1. The number of nitrogens with zero attached hydrogens (tertiary/aromatic N) is 1. The van der Waals surface area contributed by atoms with Crippen LogP contribution in [0.25, 0.3) is 0 Å². The number of likely N-dealkylation sites (tertiary alicyclic amines) is 1. The van der Waals surface area contributed by atoms with E-state index in [0.29, 0.717) is 17.4 Å². The highest BCUT2D eigenvalue weighted by Gasteiger charge is 2.42. The summed E-state index contributed by atoms with van der Waals surface area (Å²) >= 11 is 12.4. The number of benzene rings is 2. The van der Waals surface area contributed by atoms with E-state index in [2.05, 4.69) is 31.4 Å². The summed E-state index contributed by atoms with van der Waals surface area (Å²) in [5.41, 5.74) is 2.28. The van der Waals surface area contributed by atoms with Crippen LogP contribution in [0.15, 0.2) is 61.2 Å². The normalized spacial score (nSPS) is 22.5. The van der Waals surface area contributed by atoms with E-state index in [1.165, 1.54) is 5.56 Å². The quantitative estimate of drug-likeness (QED) is 0.469. The first-order valence-corrected chi connectivity index (χ1v) is 10.6. The monoisotopic (exact) mass is 415 g/mol. The summed E-state index contributed by atoms with van der Waals surface area (Å²) in [4.78, 5) is 15.4. The van der Waals surface area contributed by atoms with Crippen molar-refractivity contribution < 1.29 is 4.79 Å². The van der Waals surface area contributed by atoms with E-state index >= 15 is 0 Å². The van der Waals surface area contributed by atoms with Crippen LogP contribution >= 0.6 is 23.2 Å². The van der Waals surface area contributed by atoms with Gasteiger partial charge in [0.1, 0.15) is 0 Å². The van der Waals surface area contributed by atoms with Gasteiger partial charge in [-0.05, 0) is 54.2 Å². The van der Waals surface area contributed by atoms with Crippen LogP contribution in [0.5, 0.6) is 0 Å². The molecular formula is C24H27Cl2NO. The van der Waals surface area contributed by atoms with Crippen LogP contribution in [0.2, 0.25) is 10.0 Å². The van der Waals surface area contributed by atoms with Crippen molar-refractivity contribution in [1.82, 2.24) is 4.90 Å². The molecule has 1 aliphatic heterocycles. The zero-order valence-electron chi connectivity index (χ0n) is 16.4. The van der Waals surface area contributed by atoms with Crippen LogP contribution in [0.3, 0.4) is 0 Å². The molecule has 1 heterocycles. The number of halogens is 2. The van der Waals surface area contributed by atoms with Crippen molar-refractivity contribution in [3.63, 3.8) is 0 Å². The first-order valence-electron chi connectivity index (χ1n) is 9.83. The minimum atomic E-state index is -0.0521. The molecule has 0 aliphatic carbocycles. The number of piperidine rings is 1. The second kappa shape index (κ2) is 9.15. The summed E-state index contributed by atoms with van der Waals surface area (Å²) in [6, 6.07) is 15.9. The van der Waals surface area contributed by atoms with Crippen molar-refractivity contribution in [2.75, 3.05) is 6.54 Å². The third-order valence-electron chi connectivity index (χ3n) is 5.39. The highest BCUT2D eigenvalue weighted by Crippen LogP contribution is 2.46. The van der Waals surface area contributed by atoms with Gasteiger partial charge in [-0.15, -0.1) is 6.58 Å². The average Bonchev–Trinajstić information content (AvgIpc) is 2.65. The molecule has 4 heteroatoms. The fraction of sp³-hybridized carbons (Fsp3) is 0.375. The number of carbonyl (C=O) groups is 1. The van der Waals surface area contributed by atoms with Crippen molar-refractivity contribution in [3.8, 4) is 0 Å². The molecule has 3 atom stereocenters. The molecule has 2 aromatic rings. The molecule has 1 fully saturated rings. The van der Waals surface area contributed by atoms with Crippen LogP contribution in [0.4, 0.5) is 0 Å². The molecule has 1 unspecified atom stereocenters. The van der Waals surface area contributed by atoms with Crippen molar-refractivity contribution in [2.45, 2.75) is 38.6 Å². The Morgan fingerprint density at radius 1 is 1.11 bits per heavy atom. The van der Waals surface area contributed by atoms with E-state index in [0.717, 1.165) is 23.6 Å². The van der Waals surface area contributed by atoms with Crippen molar-refractivity contribution in [2.24, 2.45) is 11.8 Å². The Hall–Kier alpha value is -1.77. The van der Waals surface area contributed by atoms with Gasteiger partial charge in [0.2, 0.25) is 5.91 Å². The highest BCUT2D eigenvalue weighted by molar-refractivity contribution is 6.30. The average molecular weight is 416 g/mol. The summed E-state index contributed by atoms with van der Waals surface area (Å²) in [5.74, 6) is 0.707. The van der Waals surface area contributed by atoms with Crippen LogP contribution in [0, 0.1) is 11.8 Å². The topological polar surface area (TPSA) is 20.3 Å². The lowest BCUT2D eigenvalue weighted by molar-refractivity contribution is -0.143. The third-order valence-corrected chi connectivity index (χ3v) is 5.88. The van der Waals surface area contributed by atoms with Crippen LogP contribution in [-0.4, -0.2) is 17.4 Å². The lowest BCUT2D eigenvalue weighted by atomic mass is 9.74. The predicted molar refractivity (Wildman–Crippen MR) is 118 cm³/mol. The van der Waals surface area contributed by atoms with Crippen LogP contribution < -0.4 is 0 Å². The standard InChI is InChI=1S/C24H27Cl2NO/c1-4-6-19-14-22(18-7-5-8-21(26)13-18)23(17-9-11-20(25)12-10-17)27(24(19)28)15-16(2)3/h4-5,7-13,16,19,22-23H,1,6,14-15H2,2-3H3/t19-,22-,23?/m1/s1. The lowest BCUT2D eigenvalue weighted by Gasteiger charge is -2.45. The zero-order valence-corrected chi connectivity index (χ0v) is 18.0. The predicted octanol–water partition coefficient (Wildman–Crippen LogP) is 6.90. The molecular weight excluding hydrogens is 389 g/mol. The van der Waals surface area contributed by atoms with Gasteiger partial charge in [-0.2, -0.15) is 0 Å². The maximum absolute atomic E-state index is 13.4. The molecule has 0 aromatic heterocycles. The fourth-order valence-electron chi connectivity index (χ4n) is 4.25. The van der Waals surface area contributed by atoms with Gasteiger partial charge in [0.25, 0.3) is 0 Å². The van der Waals surface area contributed by atoms with E-state index in [4.69, 9.17) is 23.2 Å². The molecule has 0 bridgehead atoms. The first-order chi connectivity index (χ1) is 13.4. The van der Waals surface area contributed by atoms with Gasteiger partial charge in [0.15, 0.2) is 0 Å². The Labute approximate surface area is 178 Å². The van der Waals surface area contributed by atoms with Crippen molar-refractivity contribution in [3.05, 3.63) is 82.4 Å². The number of allylic oxidation sites excluding steroid dienone is 1.